The molecule has 3 heterocycles. The van der Waals surface area contributed by atoms with Crippen molar-refractivity contribution in [3.8, 4) is 0 Å². The Morgan fingerprint density at radius 1 is 1.27 bits per heavy atom. The Kier molecular flexibility index (Phi) is 4.61. The fourth-order valence-electron chi connectivity index (χ4n) is 3.11. The van der Waals surface area contributed by atoms with Crippen molar-refractivity contribution < 1.29 is 9.59 Å². The van der Waals surface area contributed by atoms with Crippen molar-refractivity contribution in [2.75, 3.05) is 44.7 Å². The van der Waals surface area contributed by atoms with Crippen molar-refractivity contribution in [3.05, 3.63) is 11.6 Å². The summed E-state index contributed by atoms with van der Waals surface area (Å²) in [6.45, 7) is 3.94. The van der Waals surface area contributed by atoms with Gasteiger partial charge in [0.15, 0.2) is 5.13 Å². The highest BCUT2D eigenvalue weighted by Crippen LogP contribution is 2.22. The lowest BCUT2D eigenvalue weighted by molar-refractivity contribution is -0.144. The first kappa shape index (κ1) is 15.3. The molecular weight excluding hydrogens is 300 g/mol. The molecule has 0 radical (unpaired) electrons. The van der Waals surface area contributed by atoms with Gasteiger partial charge in [0.1, 0.15) is 0 Å². The molecule has 1 atom stereocenters. The highest BCUT2D eigenvalue weighted by molar-refractivity contribution is 7.13. The third kappa shape index (κ3) is 3.24. The molecule has 0 N–H and O–H groups in total. The van der Waals surface area contributed by atoms with Crippen LogP contribution in [0.1, 0.15) is 19.3 Å². The maximum absolute atomic E-state index is 12.7. The molecule has 2 saturated heterocycles. The summed E-state index contributed by atoms with van der Waals surface area (Å²) in [7, 11) is 1.81. The third-order valence-corrected chi connectivity index (χ3v) is 5.34. The zero-order chi connectivity index (χ0) is 15.5. The number of thiazole rings is 1. The lowest BCUT2D eigenvalue weighted by Gasteiger charge is -2.31. The van der Waals surface area contributed by atoms with E-state index >= 15 is 0 Å². The molecule has 0 aliphatic carbocycles. The van der Waals surface area contributed by atoms with E-state index in [0.717, 1.165) is 44.2 Å². The monoisotopic (exact) mass is 322 g/mol. The molecule has 0 aromatic carbocycles. The molecule has 6 nitrogen and oxygen atoms in total. The van der Waals surface area contributed by atoms with Crippen LogP contribution in [-0.4, -0.2) is 66.4 Å². The number of rotatable bonds is 2. The van der Waals surface area contributed by atoms with Gasteiger partial charge in [0.2, 0.25) is 11.8 Å². The van der Waals surface area contributed by atoms with Gasteiger partial charge in [-0.25, -0.2) is 4.98 Å². The van der Waals surface area contributed by atoms with Gasteiger partial charge in [-0.3, -0.25) is 9.59 Å². The molecule has 7 heteroatoms. The SMILES string of the molecule is CN1CC[C@@H](C(=O)N2CCCN(c3nccs3)CC2)CC1=O. The number of amides is 2. The molecule has 1 aromatic rings. The number of likely N-dealkylation sites (tertiary alicyclic amines) is 1. The number of aromatic nitrogens is 1. The average molecular weight is 322 g/mol. The molecule has 0 bridgehead atoms. The number of nitrogens with zero attached hydrogens (tertiary/aromatic N) is 4. The summed E-state index contributed by atoms with van der Waals surface area (Å²) in [5.41, 5.74) is 0. The Hall–Kier alpha value is -1.63. The summed E-state index contributed by atoms with van der Waals surface area (Å²) in [4.78, 5) is 34.7. The van der Waals surface area contributed by atoms with E-state index in [1.165, 1.54) is 0 Å². The van der Waals surface area contributed by atoms with Crippen LogP contribution >= 0.6 is 11.3 Å². The van der Waals surface area contributed by atoms with E-state index < -0.39 is 0 Å². The lowest BCUT2D eigenvalue weighted by atomic mass is 9.95. The summed E-state index contributed by atoms with van der Waals surface area (Å²) < 4.78 is 0. The van der Waals surface area contributed by atoms with Gasteiger partial charge < -0.3 is 14.7 Å². The van der Waals surface area contributed by atoms with Crippen LogP contribution in [0.2, 0.25) is 0 Å². The van der Waals surface area contributed by atoms with Gasteiger partial charge in [0, 0.05) is 63.7 Å². The van der Waals surface area contributed by atoms with E-state index in [2.05, 4.69) is 9.88 Å². The van der Waals surface area contributed by atoms with Crippen LogP contribution in [0.4, 0.5) is 5.13 Å². The van der Waals surface area contributed by atoms with Gasteiger partial charge in [-0.05, 0) is 12.8 Å². The highest BCUT2D eigenvalue weighted by Gasteiger charge is 2.32. The van der Waals surface area contributed by atoms with Crippen LogP contribution in [-0.2, 0) is 9.59 Å². The Morgan fingerprint density at radius 2 is 2.14 bits per heavy atom. The minimum absolute atomic E-state index is 0.0869. The van der Waals surface area contributed by atoms with Crippen LogP contribution in [0.5, 0.6) is 0 Å². The normalized spacial score (nSPS) is 23.6. The van der Waals surface area contributed by atoms with Crippen LogP contribution < -0.4 is 4.90 Å². The lowest BCUT2D eigenvalue weighted by Crippen LogP contribution is -2.44. The number of carbonyl (C=O) groups excluding carboxylic acids is 2. The zero-order valence-corrected chi connectivity index (χ0v) is 13.7. The Morgan fingerprint density at radius 3 is 2.86 bits per heavy atom. The van der Waals surface area contributed by atoms with Gasteiger partial charge in [-0.15, -0.1) is 11.3 Å². The maximum Gasteiger partial charge on any atom is 0.226 e. The molecule has 0 saturated carbocycles. The number of hydrogen-bond acceptors (Lipinski definition) is 5. The number of hydrogen-bond donors (Lipinski definition) is 0. The minimum atomic E-state index is -0.130. The minimum Gasteiger partial charge on any atom is -0.346 e. The molecule has 3 rings (SSSR count). The van der Waals surface area contributed by atoms with Crippen molar-refractivity contribution >= 4 is 28.3 Å². The summed E-state index contributed by atoms with van der Waals surface area (Å²) in [6, 6.07) is 0. The van der Waals surface area contributed by atoms with E-state index in [4.69, 9.17) is 0 Å². The largest absolute Gasteiger partial charge is 0.346 e. The highest BCUT2D eigenvalue weighted by atomic mass is 32.1. The molecule has 2 aliphatic rings. The first-order valence-corrected chi connectivity index (χ1v) is 8.70. The maximum atomic E-state index is 12.7. The fraction of sp³-hybridized carbons (Fsp3) is 0.667. The summed E-state index contributed by atoms with van der Waals surface area (Å²) in [6.07, 6.45) is 3.92. The smallest absolute Gasteiger partial charge is 0.226 e. The summed E-state index contributed by atoms with van der Waals surface area (Å²) >= 11 is 1.64. The Labute approximate surface area is 134 Å². The third-order valence-electron chi connectivity index (χ3n) is 4.51. The van der Waals surface area contributed by atoms with Gasteiger partial charge in [0.05, 0.1) is 0 Å². The molecule has 0 unspecified atom stereocenters. The molecule has 2 amide bonds. The Balaban J connectivity index is 1.58. The van der Waals surface area contributed by atoms with Crippen molar-refractivity contribution in [2.45, 2.75) is 19.3 Å². The van der Waals surface area contributed by atoms with E-state index in [9.17, 15) is 9.59 Å². The first-order chi connectivity index (χ1) is 10.6. The topological polar surface area (TPSA) is 56.8 Å². The average Bonchev–Trinajstić information content (AvgIpc) is 2.94. The molecule has 2 aliphatic heterocycles. The van der Waals surface area contributed by atoms with Crippen LogP contribution in [0.3, 0.4) is 0 Å². The molecule has 2 fully saturated rings. The second-order valence-corrected chi connectivity index (χ2v) is 6.86. The first-order valence-electron chi connectivity index (χ1n) is 7.82. The molecular formula is C15H22N4O2S. The van der Waals surface area contributed by atoms with Crippen LogP contribution in [0, 0.1) is 5.92 Å². The zero-order valence-electron chi connectivity index (χ0n) is 12.9. The van der Waals surface area contributed by atoms with Crippen molar-refractivity contribution in [3.63, 3.8) is 0 Å². The van der Waals surface area contributed by atoms with Gasteiger partial charge in [0.25, 0.3) is 0 Å². The van der Waals surface area contributed by atoms with Gasteiger partial charge in [-0.2, -0.15) is 0 Å². The molecule has 22 heavy (non-hydrogen) atoms. The second-order valence-electron chi connectivity index (χ2n) is 5.99. The van der Waals surface area contributed by atoms with E-state index in [0.29, 0.717) is 13.0 Å². The van der Waals surface area contributed by atoms with Gasteiger partial charge >= 0.3 is 0 Å². The second kappa shape index (κ2) is 6.64. The predicted octanol–water partition coefficient (Wildman–Crippen LogP) is 1.05. The number of anilines is 1. The van der Waals surface area contributed by atoms with Crippen LogP contribution in [0.25, 0.3) is 0 Å². The van der Waals surface area contributed by atoms with Crippen LogP contribution in [0.15, 0.2) is 11.6 Å². The summed E-state index contributed by atoms with van der Waals surface area (Å²) in [5.74, 6) is 0.112. The molecule has 120 valence electrons. The number of piperidine rings is 1. The fourth-order valence-corrected chi connectivity index (χ4v) is 3.81. The standard InChI is InChI=1S/C15H22N4O2S/c1-17-7-3-12(11-13(17)20)14(21)18-5-2-6-19(9-8-18)15-16-4-10-22-15/h4,10,12H,2-3,5-9,11H2,1H3/t12-/m1/s1. The quantitative estimate of drug-likeness (QED) is 0.817. The Bertz CT molecular complexity index is 534. The molecule has 0 spiro atoms. The number of carbonyl (C=O) groups is 2. The molecule has 1 aromatic heterocycles. The predicted molar refractivity (Wildman–Crippen MR) is 85.9 cm³/mol. The van der Waals surface area contributed by atoms with E-state index in [-0.39, 0.29) is 17.7 Å². The van der Waals surface area contributed by atoms with E-state index in [1.54, 1.807) is 23.3 Å². The van der Waals surface area contributed by atoms with Gasteiger partial charge in [-0.1, -0.05) is 0 Å². The van der Waals surface area contributed by atoms with Crippen molar-refractivity contribution in [1.29, 1.82) is 0 Å². The summed E-state index contributed by atoms with van der Waals surface area (Å²) in [5, 5.41) is 3.01. The van der Waals surface area contributed by atoms with E-state index in [1.807, 2.05) is 16.5 Å². The van der Waals surface area contributed by atoms with Crippen molar-refractivity contribution in [2.24, 2.45) is 5.92 Å². The van der Waals surface area contributed by atoms with Crippen molar-refractivity contribution in [1.82, 2.24) is 14.8 Å².